The molecule has 0 spiro atoms. The van der Waals surface area contributed by atoms with Crippen LogP contribution in [0.3, 0.4) is 0 Å². The number of nitrogens with zero attached hydrogens (tertiary/aromatic N) is 1. The van der Waals surface area contributed by atoms with E-state index in [-0.39, 0.29) is 6.61 Å². The first-order valence-electron chi connectivity index (χ1n) is 6.87. The van der Waals surface area contributed by atoms with Crippen molar-refractivity contribution in [2.24, 2.45) is 0 Å². The zero-order chi connectivity index (χ0) is 17.1. The molecule has 1 aliphatic heterocycles. The summed E-state index contributed by atoms with van der Waals surface area (Å²) in [6.07, 6.45) is -4.68. The fourth-order valence-electron chi connectivity index (χ4n) is 2.10. The van der Waals surface area contributed by atoms with Crippen LogP contribution in [0.25, 0.3) is 0 Å². The normalized spacial score (nSPS) is 28.5. The number of rotatable bonds is 5. The van der Waals surface area contributed by atoms with Crippen LogP contribution in [0.1, 0.15) is 13.2 Å². The second-order valence-corrected chi connectivity index (χ2v) is 5.07. The molecule has 0 bridgehead atoms. The summed E-state index contributed by atoms with van der Waals surface area (Å²) >= 11 is 0. The summed E-state index contributed by atoms with van der Waals surface area (Å²) in [4.78, 5) is 36.3. The van der Waals surface area contributed by atoms with Crippen molar-refractivity contribution in [3.05, 3.63) is 33.1 Å². The standard InChI is InChI=1S/C13H18N2O8/c1-6(21-2)12(19)22-5-7-9(17)10(18)11(23-7)15-4-3-8(16)14-13(15)20/h3-4,6-7,9-11,17-18H,5H2,1-2H3,(H,14,16,20)/t6-,7+,9?,10?,11+/m0/s1. The molecule has 0 aromatic carbocycles. The lowest BCUT2D eigenvalue weighted by Gasteiger charge is -2.17. The van der Waals surface area contributed by atoms with Crippen LogP contribution in [0, 0.1) is 0 Å². The minimum atomic E-state index is -1.43. The number of carbonyl (C=O) groups excluding carboxylic acids is 1. The van der Waals surface area contributed by atoms with Crippen LogP contribution in [0.5, 0.6) is 0 Å². The molecular weight excluding hydrogens is 312 g/mol. The van der Waals surface area contributed by atoms with Gasteiger partial charge in [-0.25, -0.2) is 9.59 Å². The number of esters is 1. The van der Waals surface area contributed by atoms with Crippen LogP contribution in [0.2, 0.25) is 0 Å². The van der Waals surface area contributed by atoms with E-state index in [1.54, 1.807) is 0 Å². The van der Waals surface area contributed by atoms with Crippen LogP contribution in [-0.2, 0) is 19.0 Å². The highest BCUT2D eigenvalue weighted by Gasteiger charge is 2.44. The Hall–Kier alpha value is -2.01. The van der Waals surface area contributed by atoms with Gasteiger partial charge in [0.05, 0.1) is 0 Å². The lowest BCUT2D eigenvalue weighted by atomic mass is 10.1. The van der Waals surface area contributed by atoms with E-state index in [0.717, 1.165) is 16.8 Å². The fourth-order valence-corrected chi connectivity index (χ4v) is 2.10. The van der Waals surface area contributed by atoms with E-state index in [1.807, 2.05) is 4.98 Å². The second kappa shape index (κ2) is 7.04. The van der Waals surface area contributed by atoms with E-state index in [9.17, 15) is 24.6 Å². The predicted octanol–water partition coefficient (Wildman–Crippen LogP) is -2.27. The molecular formula is C13H18N2O8. The highest BCUT2D eigenvalue weighted by molar-refractivity contribution is 5.74. The molecule has 0 radical (unpaired) electrons. The van der Waals surface area contributed by atoms with Gasteiger partial charge in [-0.15, -0.1) is 0 Å². The van der Waals surface area contributed by atoms with Gasteiger partial charge in [-0.3, -0.25) is 14.3 Å². The maximum absolute atomic E-state index is 11.7. The van der Waals surface area contributed by atoms with Crippen LogP contribution in [0.4, 0.5) is 0 Å². The number of H-pyrrole nitrogens is 1. The number of ether oxygens (including phenoxy) is 3. The molecule has 1 fully saturated rings. The molecule has 5 atom stereocenters. The molecule has 3 N–H and O–H groups in total. The van der Waals surface area contributed by atoms with E-state index in [2.05, 4.69) is 0 Å². The lowest BCUT2D eigenvalue weighted by molar-refractivity contribution is -0.160. The average molecular weight is 330 g/mol. The van der Waals surface area contributed by atoms with Crippen molar-refractivity contribution in [1.82, 2.24) is 9.55 Å². The topological polar surface area (TPSA) is 140 Å². The summed E-state index contributed by atoms with van der Waals surface area (Å²) in [5, 5.41) is 20.0. The molecule has 2 rings (SSSR count). The SMILES string of the molecule is CO[C@@H](C)C(=O)OC[C@H]1O[C@@H](n2ccc(=O)[nH]c2=O)C(O)C1O. The van der Waals surface area contributed by atoms with E-state index in [4.69, 9.17) is 14.2 Å². The van der Waals surface area contributed by atoms with Crippen molar-refractivity contribution >= 4 is 5.97 Å². The molecule has 1 saturated heterocycles. The van der Waals surface area contributed by atoms with E-state index in [0.29, 0.717) is 0 Å². The Labute approximate surface area is 130 Å². The van der Waals surface area contributed by atoms with Crippen molar-refractivity contribution in [3.8, 4) is 0 Å². The number of aliphatic hydroxyl groups excluding tert-OH is 2. The number of methoxy groups -OCH3 is 1. The van der Waals surface area contributed by atoms with Gasteiger partial charge in [0.2, 0.25) is 0 Å². The molecule has 1 aliphatic rings. The lowest BCUT2D eigenvalue weighted by Crippen LogP contribution is -2.38. The van der Waals surface area contributed by atoms with Crippen molar-refractivity contribution < 1.29 is 29.2 Å². The van der Waals surface area contributed by atoms with Gasteiger partial charge >= 0.3 is 11.7 Å². The number of hydrogen-bond acceptors (Lipinski definition) is 8. The first kappa shape index (κ1) is 17.3. The number of carbonyl (C=O) groups is 1. The molecule has 0 amide bonds. The van der Waals surface area contributed by atoms with Crippen LogP contribution >= 0.6 is 0 Å². The monoisotopic (exact) mass is 330 g/mol. The van der Waals surface area contributed by atoms with E-state index in [1.165, 1.54) is 14.0 Å². The number of nitrogens with one attached hydrogen (secondary N) is 1. The van der Waals surface area contributed by atoms with Gasteiger partial charge in [-0.05, 0) is 6.92 Å². The molecule has 10 heteroatoms. The molecule has 128 valence electrons. The van der Waals surface area contributed by atoms with Crippen LogP contribution in [-0.4, -0.2) is 63.9 Å². The highest BCUT2D eigenvalue weighted by Crippen LogP contribution is 2.28. The van der Waals surface area contributed by atoms with Gasteiger partial charge in [0.25, 0.3) is 5.56 Å². The molecule has 0 aliphatic carbocycles. The minimum Gasteiger partial charge on any atom is -0.461 e. The Balaban J connectivity index is 2.07. The molecule has 1 aromatic rings. The zero-order valence-corrected chi connectivity index (χ0v) is 12.5. The van der Waals surface area contributed by atoms with Crippen molar-refractivity contribution in [2.75, 3.05) is 13.7 Å². The Morgan fingerprint density at radius 2 is 2.13 bits per heavy atom. The molecule has 0 saturated carbocycles. The first-order valence-corrected chi connectivity index (χ1v) is 6.87. The third-order valence-electron chi connectivity index (χ3n) is 3.54. The van der Waals surface area contributed by atoms with Crippen molar-refractivity contribution in [3.63, 3.8) is 0 Å². The molecule has 23 heavy (non-hydrogen) atoms. The molecule has 2 unspecified atom stereocenters. The Kier molecular flexibility index (Phi) is 5.31. The number of aromatic amines is 1. The predicted molar refractivity (Wildman–Crippen MR) is 74.7 cm³/mol. The van der Waals surface area contributed by atoms with Gasteiger partial charge < -0.3 is 24.4 Å². The first-order chi connectivity index (χ1) is 10.8. The summed E-state index contributed by atoms with van der Waals surface area (Å²) in [5.41, 5.74) is -1.39. The Morgan fingerprint density at radius 1 is 1.43 bits per heavy atom. The van der Waals surface area contributed by atoms with Crippen molar-refractivity contribution in [2.45, 2.75) is 37.6 Å². The molecule has 10 nitrogen and oxygen atoms in total. The number of aromatic nitrogens is 2. The largest absolute Gasteiger partial charge is 0.461 e. The van der Waals surface area contributed by atoms with E-state index < -0.39 is 47.9 Å². The smallest absolute Gasteiger partial charge is 0.335 e. The zero-order valence-electron chi connectivity index (χ0n) is 12.5. The summed E-state index contributed by atoms with van der Waals surface area (Å²) < 4.78 is 16.0. The number of aliphatic hydroxyl groups is 2. The summed E-state index contributed by atoms with van der Waals surface area (Å²) in [6.45, 7) is 1.17. The minimum absolute atomic E-state index is 0.320. The van der Waals surface area contributed by atoms with Crippen LogP contribution in [0.15, 0.2) is 21.9 Å². The average Bonchev–Trinajstić information content (AvgIpc) is 2.80. The number of hydrogen-bond donors (Lipinski definition) is 3. The maximum Gasteiger partial charge on any atom is 0.335 e. The second-order valence-electron chi connectivity index (χ2n) is 5.07. The third kappa shape index (κ3) is 3.67. The summed E-state index contributed by atoms with van der Waals surface area (Å²) in [6, 6.07) is 1.08. The fraction of sp³-hybridized carbons (Fsp3) is 0.615. The van der Waals surface area contributed by atoms with Gasteiger partial charge in [0.15, 0.2) is 12.3 Å². The van der Waals surface area contributed by atoms with E-state index >= 15 is 0 Å². The third-order valence-corrected chi connectivity index (χ3v) is 3.54. The van der Waals surface area contributed by atoms with Gasteiger partial charge in [0, 0.05) is 19.4 Å². The summed E-state index contributed by atoms with van der Waals surface area (Å²) in [7, 11) is 1.34. The van der Waals surface area contributed by atoms with Gasteiger partial charge in [-0.1, -0.05) is 0 Å². The van der Waals surface area contributed by atoms with Gasteiger partial charge in [-0.2, -0.15) is 0 Å². The van der Waals surface area contributed by atoms with Gasteiger partial charge in [0.1, 0.15) is 24.9 Å². The van der Waals surface area contributed by atoms with Crippen molar-refractivity contribution in [1.29, 1.82) is 0 Å². The Morgan fingerprint density at radius 3 is 2.74 bits per heavy atom. The maximum atomic E-state index is 11.7. The summed E-state index contributed by atoms with van der Waals surface area (Å²) in [5.74, 6) is -0.651. The highest BCUT2D eigenvalue weighted by atomic mass is 16.6. The molecule has 1 aromatic heterocycles. The Bertz CT molecular complexity index is 668. The molecule has 2 heterocycles. The van der Waals surface area contributed by atoms with Crippen LogP contribution < -0.4 is 11.2 Å². The quantitative estimate of drug-likeness (QED) is 0.514.